The normalized spacial score (nSPS) is 21.1. The summed E-state index contributed by atoms with van der Waals surface area (Å²) in [6, 6.07) is 0. The van der Waals surface area contributed by atoms with Crippen molar-refractivity contribution in [1.82, 2.24) is 10.2 Å². The molecule has 1 atom stereocenters. The summed E-state index contributed by atoms with van der Waals surface area (Å²) in [5.74, 6) is 1.02. The Labute approximate surface area is 96.5 Å². The van der Waals surface area contributed by atoms with Gasteiger partial charge in [-0.1, -0.05) is 6.08 Å². The van der Waals surface area contributed by atoms with Crippen molar-refractivity contribution >= 4 is 27.7 Å². The Morgan fingerprint density at radius 1 is 1.73 bits per heavy atom. The maximum Gasteiger partial charge on any atom is 0.228 e. The molecule has 0 aromatic carbocycles. The molecule has 15 heavy (non-hydrogen) atoms. The van der Waals surface area contributed by atoms with Gasteiger partial charge in [0.2, 0.25) is 5.91 Å². The molecule has 1 aromatic heterocycles. The van der Waals surface area contributed by atoms with Gasteiger partial charge in [0.25, 0.3) is 0 Å². The van der Waals surface area contributed by atoms with E-state index in [1.807, 2.05) is 13.0 Å². The van der Waals surface area contributed by atoms with Crippen LogP contribution in [0.25, 0.3) is 0 Å². The van der Waals surface area contributed by atoms with E-state index in [2.05, 4.69) is 32.7 Å². The first-order valence-corrected chi connectivity index (χ1v) is 5.56. The summed E-state index contributed by atoms with van der Waals surface area (Å²) in [6.45, 7) is 6.29. The summed E-state index contributed by atoms with van der Waals surface area (Å²) < 4.78 is 0.862. The molecule has 1 N–H and O–H groups in total. The van der Waals surface area contributed by atoms with Crippen LogP contribution in [-0.4, -0.2) is 22.6 Å². The molecule has 0 aliphatic carbocycles. The molecule has 1 saturated heterocycles. The highest BCUT2D eigenvalue weighted by molar-refractivity contribution is 9.10. The van der Waals surface area contributed by atoms with Gasteiger partial charge in [0.15, 0.2) is 5.82 Å². The van der Waals surface area contributed by atoms with Gasteiger partial charge < -0.3 is 0 Å². The lowest BCUT2D eigenvalue weighted by Crippen LogP contribution is -2.25. The predicted molar refractivity (Wildman–Crippen MR) is 61.7 cm³/mol. The van der Waals surface area contributed by atoms with Crippen LogP contribution in [0.2, 0.25) is 0 Å². The molecule has 1 fully saturated rings. The van der Waals surface area contributed by atoms with E-state index in [0.29, 0.717) is 18.8 Å². The van der Waals surface area contributed by atoms with Crippen molar-refractivity contribution in [2.75, 3.05) is 11.4 Å². The first-order chi connectivity index (χ1) is 7.13. The SMILES string of the molecule is C=CC1CC(=O)N(c2n[nH]c(C)c2Br)C1. The Hall–Kier alpha value is -1.10. The predicted octanol–water partition coefficient (Wildman–Crippen LogP) is 2.02. The van der Waals surface area contributed by atoms with Gasteiger partial charge in [0.1, 0.15) is 0 Å². The fraction of sp³-hybridized carbons (Fsp3) is 0.400. The number of nitrogens with one attached hydrogen (secondary N) is 1. The highest BCUT2D eigenvalue weighted by Crippen LogP contribution is 2.31. The smallest absolute Gasteiger partial charge is 0.228 e. The van der Waals surface area contributed by atoms with E-state index in [9.17, 15) is 4.79 Å². The van der Waals surface area contributed by atoms with Crippen molar-refractivity contribution in [2.24, 2.45) is 5.92 Å². The largest absolute Gasteiger partial charge is 0.294 e. The molecule has 1 aliphatic heterocycles. The summed E-state index contributed by atoms with van der Waals surface area (Å²) in [4.78, 5) is 13.4. The maximum atomic E-state index is 11.7. The minimum absolute atomic E-state index is 0.104. The van der Waals surface area contributed by atoms with Crippen LogP contribution in [0.1, 0.15) is 12.1 Å². The molecule has 0 saturated carbocycles. The summed E-state index contributed by atoms with van der Waals surface area (Å²) in [6.07, 6.45) is 2.35. The third kappa shape index (κ3) is 1.71. The third-order valence-electron chi connectivity index (χ3n) is 2.60. The Morgan fingerprint density at radius 2 is 2.47 bits per heavy atom. The number of carbonyl (C=O) groups excluding carboxylic acids is 1. The second-order valence-corrected chi connectivity index (χ2v) is 4.48. The average Bonchev–Trinajstić information content (AvgIpc) is 2.73. The van der Waals surface area contributed by atoms with Gasteiger partial charge in [-0.3, -0.25) is 14.8 Å². The standard InChI is InChI=1S/C10H12BrN3O/c1-3-7-4-8(15)14(5-7)10-9(11)6(2)12-13-10/h3,7H,1,4-5H2,2H3,(H,12,13). The van der Waals surface area contributed by atoms with Crippen molar-refractivity contribution in [3.05, 3.63) is 22.8 Å². The number of halogens is 1. The number of hydrogen-bond donors (Lipinski definition) is 1. The van der Waals surface area contributed by atoms with Gasteiger partial charge in [-0.05, 0) is 22.9 Å². The number of rotatable bonds is 2. The molecule has 0 radical (unpaired) electrons. The zero-order valence-electron chi connectivity index (χ0n) is 8.46. The molecular formula is C10H12BrN3O. The number of carbonyl (C=O) groups is 1. The number of H-pyrrole nitrogens is 1. The molecule has 80 valence electrons. The third-order valence-corrected chi connectivity index (χ3v) is 3.55. The second kappa shape index (κ2) is 3.81. The zero-order chi connectivity index (χ0) is 11.0. The van der Waals surface area contributed by atoms with Gasteiger partial charge in [0, 0.05) is 24.6 Å². The first kappa shape index (κ1) is 10.4. The molecule has 2 rings (SSSR count). The fourth-order valence-corrected chi connectivity index (χ4v) is 2.07. The van der Waals surface area contributed by atoms with Gasteiger partial charge in [-0.2, -0.15) is 5.10 Å². The highest BCUT2D eigenvalue weighted by Gasteiger charge is 2.31. The zero-order valence-corrected chi connectivity index (χ0v) is 10.0. The van der Waals surface area contributed by atoms with E-state index in [1.54, 1.807) is 4.90 Å². The maximum absolute atomic E-state index is 11.7. The number of aromatic nitrogens is 2. The monoisotopic (exact) mass is 269 g/mol. The van der Waals surface area contributed by atoms with Crippen LogP contribution in [0.4, 0.5) is 5.82 Å². The lowest BCUT2D eigenvalue weighted by atomic mass is 10.1. The van der Waals surface area contributed by atoms with Gasteiger partial charge in [0.05, 0.1) is 4.47 Å². The van der Waals surface area contributed by atoms with Crippen LogP contribution in [0, 0.1) is 12.8 Å². The van der Waals surface area contributed by atoms with Crippen molar-refractivity contribution in [2.45, 2.75) is 13.3 Å². The summed E-state index contributed by atoms with van der Waals surface area (Å²) in [5.41, 5.74) is 0.930. The van der Waals surface area contributed by atoms with Crippen LogP contribution < -0.4 is 4.90 Å². The number of nitrogens with zero attached hydrogens (tertiary/aromatic N) is 2. The molecule has 1 amide bonds. The van der Waals surface area contributed by atoms with E-state index in [-0.39, 0.29) is 11.8 Å². The Balaban J connectivity index is 2.29. The van der Waals surface area contributed by atoms with Crippen molar-refractivity contribution in [3.63, 3.8) is 0 Å². The second-order valence-electron chi connectivity index (χ2n) is 3.69. The van der Waals surface area contributed by atoms with Crippen LogP contribution in [0.5, 0.6) is 0 Å². The minimum atomic E-state index is 0.104. The molecule has 0 spiro atoms. The van der Waals surface area contributed by atoms with Crippen molar-refractivity contribution in [3.8, 4) is 0 Å². The average molecular weight is 270 g/mol. The van der Waals surface area contributed by atoms with E-state index in [1.165, 1.54) is 0 Å². The Morgan fingerprint density at radius 3 is 2.93 bits per heavy atom. The molecule has 1 aromatic rings. The van der Waals surface area contributed by atoms with Crippen LogP contribution in [-0.2, 0) is 4.79 Å². The van der Waals surface area contributed by atoms with Crippen molar-refractivity contribution in [1.29, 1.82) is 0 Å². The quantitative estimate of drug-likeness (QED) is 0.836. The van der Waals surface area contributed by atoms with Gasteiger partial charge >= 0.3 is 0 Å². The number of amides is 1. The molecular weight excluding hydrogens is 258 g/mol. The van der Waals surface area contributed by atoms with E-state index >= 15 is 0 Å². The lowest BCUT2D eigenvalue weighted by molar-refractivity contribution is -0.117. The number of aryl methyl sites for hydroxylation is 1. The molecule has 1 unspecified atom stereocenters. The van der Waals surface area contributed by atoms with Gasteiger partial charge in [-0.15, -0.1) is 6.58 Å². The summed E-state index contributed by atoms with van der Waals surface area (Å²) >= 11 is 3.42. The fourth-order valence-electron chi connectivity index (χ4n) is 1.68. The number of aromatic amines is 1. The van der Waals surface area contributed by atoms with Gasteiger partial charge in [-0.25, -0.2) is 0 Å². The Kier molecular flexibility index (Phi) is 2.65. The Bertz CT molecular complexity index is 413. The summed E-state index contributed by atoms with van der Waals surface area (Å²) in [7, 11) is 0. The number of anilines is 1. The molecule has 4 nitrogen and oxygen atoms in total. The lowest BCUT2D eigenvalue weighted by Gasteiger charge is -2.12. The molecule has 2 heterocycles. The topological polar surface area (TPSA) is 49.0 Å². The van der Waals surface area contributed by atoms with E-state index in [4.69, 9.17) is 0 Å². The van der Waals surface area contributed by atoms with Crippen LogP contribution >= 0.6 is 15.9 Å². The molecule has 5 heteroatoms. The van der Waals surface area contributed by atoms with Crippen LogP contribution in [0.3, 0.4) is 0 Å². The summed E-state index contributed by atoms with van der Waals surface area (Å²) in [5, 5.41) is 6.97. The van der Waals surface area contributed by atoms with Crippen molar-refractivity contribution < 1.29 is 4.79 Å². The number of hydrogen-bond acceptors (Lipinski definition) is 2. The molecule has 1 aliphatic rings. The first-order valence-electron chi connectivity index (χ1n) is 4.77. The van der Waals surface area contributed by atoms with E-state index in [0.717, 1.165) is 10.2 Å². The van der Waals surface area contributed by atoms with Crippen LogP contribution in [0.15, 0.2) is 17.1 Å². The molecule has 0 bridgehead atoms. The van der Waals surface area contributed by atoms with E-state index < -0.39 is 0 Å². The highest BCUT2D eigenvalue weighted by atomic mass is 79.9. The minimum Gasteiger partial charge on any atom is -0.294 e.